The Balaban J connectivity index is 1.11. The molecule has 61 heavy (non-hydrogen) atoms. The van der Waals surface area contributed by atoms with E-state index in [0.29, 0.717) is 5.95 Å². The van der Waals surface area contributed by atoms with Gasteiger partial charge >= 0.3 is 0 Å². The third-order valence-electron chi connectivity index (χ3n) is 12.8. The maximum Gasteiger partial charge on any atom is 0.235 e. The molecule has 2 aromatic heterocycles. The fourth-order valence-corrected chi connectivity index (χ4v) is 9.86. The lowest BCUT2D eigenvalue weighted by Gasteiger charge is -2.42. The molecule has 0 atom stereocenters. The van der Waals surface area contributed by atoms with Crippen molar-refractivity contribution < 1.29 is 0 Å². The van der Waals surface area contributed by atoms with Gasteiger partial charge in [-0.1, -0.05) is 178 Å². The predicted octanol–water partition coefficient (Wildman–Crippen LogP) is 15.0. The fraction of sp³-hybridized carbons (Fsp3) is 0.0526. The van der Waals surface area contributed by atoms with Crippen molar-refractivity contribution in [1.29, 1.82) is 0 Å². The maximum absolute atomic E-state index is 5.48. The Morgan fingerprint density at radius 1 is 0.426 bits per heavy atom. The van der Waals surface area contributed by atoms with Gasteiger partial charge in [-0.25, -0.2) is 9.97 Å². The smallest absolute Gasteiger partial charge is 0.235 e. The molecule has 0 unspecified atom stereocenters. The van der Waals surface area contributed by atoms with Crippen LogP contribution in [-0.2, 0) is 5.41 Å². The summed E-state index contributed by atoms with van der Waals surface area (Å²) in [6.07, 6.45) is 0. The third kappa shape index (κ3) is 5.46. The second kappa shape index (κ2) is 13.6. The zero-order chi connectivity index (χ0) is 40.7. The van der Waals surface area contributed by atoms with Gasteiger partial charge in [-0.15, -0.1) is 0 Å². The van der Waals surface area contributed by atoms with E-state index in [1.54, 1.807) is 0 Å². The number of rotatable bonds is 5. The van der Waals surface area contributed by atoms with Crippen LogP contribution in [0.5, 0.6) is 0 Å². The molecule has 0 fully saturated rings. The molecule has 0 spiro atoms. The van der Waals surface area contributed by atoms with Gasteiger partial charge in [-0.2, -0.15) is 0 Å². The lowest BCUT2D eigenvalue weighted by Crippen LogP contribution is -2.30. The minimum absolute atomic E-state index is 0.193. The summed E-state index contributed by atoms with van der Waals surface area (Å²) in [4.78, 5) is 13.3. The van der Waals surface area contributed by atoms with Crippen molar-refractivity contribution in [3.63, 3.8) is 0 Å². The van der Waals surface area contributed by atoms with Crippen LogP contribution in [0.1, 0.15) is 25.0 Å². The summed E-state index contributed by atoms with van der Waals surface area (Å²) in [6.45, 7) is 4.70. The van der Waals surface area contributed by atoms with Gasteiger partial charge in [-0.3, -0.25) is 4.57 Å². The predicted molar refractivity (Wildman–Crippen MR) is 255 cm³/mol. The van der Waals surface area contributed by atoms with E-state index in [9.17, 15) is 0 Å². The molecule has 1 aliphatic rings. The largest absolute Gasteiger partial charge is 0.310 e. The fourth-order valence-electron chi connectivity index (χ4n) is 9.86. The molecule has 0 saturated carbocycles. The summed E-state index contributed by atoms with van der Waals surface area (Å²) < 4.78 is 2.28. The molecule has 11 aromatic rings. The summed E-state index contributed by atoms with van der Waals surface area (Å²) in [7, 11) is 0. The van der Waals surface area contributed by atoms with Crippen LogP contribution in [0.3, 0.4) is 0 Å². The van der Waals surface area contributed by atoms with E-state index in [-0.39, 0.29) is 5.41 Å². The van der Waals surface area contributed by atoms with Gasteiger partial charge in [0.15, 0.2) is 0 Å². The van der Waals surface area contributed by atoms with E-state index < -0.39 is 0 Å². The van der Waals surface area contributed by atoms with E-state index in [1.807, 2.05) is 0 Å². The summed E-state index contributed by atoms with van der Waals surface area (Å²) in [5, 5.41) is 5.79. The van der Waals surface area contributed by atoms with Gasteiger partial charge in [0.25, 0.3) is 0 Å². The Morgan fingerprint density at radius 3 is 1.90 bits per heavy atom. The Labute approximate surface area is 354 Å². The highest BCUT2D eigenvalue weighted by molar-refractivity contribution is 6.25. The number of hydrogen-bond donors (Lipinski definition) is 0. The molecular formula is C57H40N4. The van der Waals surface area contributed by atoms with E-state index in [1.165, 1.54) is 60.7 Å². The SMILES string of the molecule is CC1(C)c2ccccc2N(c2ccccc2)c2cc(-c3cccc4c3c3c5ccccc5ccc3n4-c3nc(-c4ccc(-c5ccccc5)cc4)c4ccccc4n3)ccc21. The Kier molecular flexibility index (Phi) is 7.85. The van der Waals surface area contributed by atoms with Crippen LogP contribution < -0.4 is 4.90 Å². The zero-order valence-electron chi connectivity index (χ0n) is 33.9. The maximum atomic E-state index is 5.48. The Morgan fingerprint density at radius 2 is 1.07 bits per heavy atom. The molecular weight excluding hydrogens is 741 g/mol. The number of aromatic nitrogens is 3. The van der Waals surface area contributed by atoms with Gasteiger partial charge in [0.05, 0.1) is 33.6 Å². The molecule has 12 rings (SSSR count). The van der Waals surface area contributed by atoms with Crippen molar-refractivity contribution in [3.8, 4) is 39.5 Å². The molecule has 0 aliphatic carbocycles. The molecule has 0 saturated heterocycles. The molecule has 0 N–H and O–H groups in total. The van der Waals surface area contributed by atoms with E-state index in [4.69, 9.17) is 9.97 Å². The highest BCUT2D eigenvalue weighted by atomic mass is 15.2. The second-order valence-corrected chi connectivity index (χ2v) is 16.6. The molecule has 288 valence electrons. The van der Waals surface area contributed by atoms with Crippen LogP contribution in [0.15, 0.2) is 206 Å². The van der Waals surface area contributed by atoms with Gasteiger partial charge in [-0.05, 0) is 86.6 Å². The molecule has 9 aromatic carbocycles. The van der Waals surface area contributed by atoms with Crippen LogP contribution in [0.2, 0.25) is 0 Å². The number of benzene rings is 9. The molecule has 4 nitrogen and oxygen atoms in total. The highest BCUT2D eigenvalue weighted by Crippen LogP contribution is 2.53. The minimum atomic E-state index is -0.193. The van der Waals surface area contributed by atoms with E-state index in [0.717, 1.165) is 44.4 Å². The summed E-state index contributed by atoms with van der Waals surface area (Å²) in [6, 6.07) is 74.3. The van der Waals surface area contributed by atoms with Gasteiger partial charge < -0.3 is 4.90 Å². The molecule has 0 radical (unpaired) electrons. The monoisotopic (exact) mass is 780 g/mol. The quantitative estimate of drug-likeness (QED) is 0.174. The van der Waals surface area contributed by atoms with Crippen molar-refractivity contribution in [1.82, 2.24) is 14.5 Å². The number of para-hydroxylation sites is 3. The van der Waals surface area contributed by atoms with E-state index in [2.05, 4.69) is 230 Å². The number of hydrogen-bond acceptors (Lipinski definition) is 3. The van der Waals surface area contributed by atoms with Crippen molar-refractivity contribution >= 4 is 60.5 Å². The molecule has 4 heteroatoms. The zero-order valence-corrected chi connectivity index (χ0v) is 33.9. The standard InChI is InChI=1S/C57H40N4/c1-57(2)46-24-12-14-26-49(46)60(42-19-7-4-8-20-42)52-36-41(32-34-47(52)57)44-23-15-27-50-54(44)53-43-21-10-9-18-39(43)33-35-51(53)61(50)56-58-48-25-13-11-22-45(48)55(59-56)40-30-28-38(29-31-40)37-16-5-3-6-17-37/h3-36H,1-2H3. The molecule has 3 heterocycles. The van der Waals surface area contributed by atoms with Crippen LogP contribution >= 0.6 is 0 Å². The summed E-state index contributed by atoms with van der Waals surface area (Å²) >= 11 is 0. The number of nitrogens with zero attached hydrogens (tertiary/aromatic N) is 4. The lowest BCUT2D eigenvalue weighted by atomic mass is 9.73. The molecule has 1 aliphatic heterocycles. The van der Waals surface area contributed by atoms with Crippen molar-refractivity contribution in [2.75, 3.05) is 4.90 Å². The topological polar surface area (TPSA) is 34.0 Å². The second-order valence-electron chi connectivity index (χ2n) is 16.6. The van der Waals surface area contributed by atoms with Crippen molar-refractivity contribution in [2.45, 2.75) is 19.3 Å². The van der Waals surface area contributed by atoms with Crippen molar-refractivity contribution in [3.05, 3.63) is 217 Å². The first-order chi connectivity index (χ1) is 30.0. The van der Waals surface area contributed by atoms with Crippen molar-refractivity contribution in [2.24, 2.45) is 0 Å². The van der Waals surface area contributed by atoms with Crippen LogP contribution in [0.25, 0.3) is 82.9 Å². The van der Waals surface area contributed by atoms with Gasteiger partial charge in [0.1, 0.15) is 0 Å². The highest BCUT2D eigenvalue weighted by Gasteiger charge is 2.37. The van der Waals surface area contributed by atoms with Gasteiger partial charge in [0, 0.05) is 32.8 Å². The average molecular weight is 781 g/mol. The van der Waals surface area contributed by atoms with Gasteiger partial charge in [0.2, 0.25) is 5.95 Å². The third-order valence-corrected chi connectivity index (χ3v) is 12.8. The first-order valence-electron chi connectivity index (χ1n) is 21.0. The lowest BCUT2D eigenvalue weighted by molar-refractivity contribution is 0.632. The Hall–Kier alpha value is -7.82. The van der Waals surface area contributed by atoms with Crippen LogP contribution in [0, 0.1) is 0 Å². The van der Waals surface area contributed by atoms with E-state index >= 15 is 0 Å². The number of anilines is 3. The Bertz CT molecular complexity index is 3490. The first kappa shape index (κ1) is 35.2. The van der Waals surface area contributed by atoms with Crippen LogP contribution in [0.4, 0.5) is 17.1 Å². The summed E-state index contributed by atoms with van der Waals surface area (Å²) in [5.74, 6) is 0.646. The minimum Gasteiger partial charge on any atom is -0.310 e. The van der Waals surface area contributed by atoms with Crippen LogP contribution in [-0.4, -0.2) is 14.5 Å². The normalized spacial score (nSPS) is 13.2. The molecule has 0 amide bonds. The summed E-state index contributed by atoms with van der Waals surface area (Å²) in [5.41, 5.74) is 15.7. The molecule has 0 bridgehead atoms. The average Bonchev–Trinajstić information content (AvgIpc) is 3.67. The first-order valence-corrected chi connectivity index (χ1v) is 21.0. The number of fused-ring (bicyclic) bond motifs is 8.